The molecule has 0 saturated heterocycles. The van der Waals surface area contributed by atoms with Crippen molar-refractivity contribution in [1.82, 2.24) is 19.5 Å². The van der Waals surface area contributed by atoms with Gasteiger partial charge >= 0.3 is 0 Å². The van der Waals surface area contributed by atoms with Crippen molar-refractivity contribution in [2.24, 2.45) is 11.8 Å². The van der Waals surface area contributed by atoms with Gasteiger partial charge in [-0.25, -0.2) is 4.98 Å². The zero-order chi connectivity index (χ0) is 21.6. The number of nitrogens with one attached hydrogen (secondary N) is 1. The van der Waals surface area contributed by atoms with Gasteiger partial charge in [-0.2, -0.15) is 4.98 Å². The molecule has 1 aliphatic rings. The van der Waals surface area contributed by atoms with E-state index in [1.807, 2.05) is 10.6 Å². The Hall–Kier alpha value is -1.97. The van der Waals surface area contributed by atoms with E-state index >= 15 is 0 Å². The summed E-state index contributed by atoms with van der Waals surface area (Å²) in [5, 5.41) is 10.0. The average molecular weight is 420 g/mol. The van der Waals surface area contributed by atoms with Gasteiger partial charge in [-0.05, 0) is 36.0 Å². The molecule has 0 radical (unpaired) electrons. The molecule has 8 nitrogen and oxygen atoms in total. The largest absolute Gasteiger partial charge is 0.416 e. The van der Waals surface area contributed by atoms with Crippen LogP contribution in [0.25, 0.3) is 11.2 Å². The first-order chi connectivity index (χ1) is 13.5. The number of aliphatic hydroxyl groups is 1. The number of nitrogen functional groups attached to an aromatic ring is 1. The highest BCUT2D eigenvalue weighted by Gasteiger charge is 2.44. The van der Waals surface area contributed by atoms with Crippen LogP contribution in [0.1, 0.15) is 40.2 Å². The number of H-pyrrole nitrogens is 1. The van der Waals surface area contributed by atoms with Gasteiger partial charge < -0.3 is 19.8 Å². The Morgan fingerprint density at radius 1 is 1.45 bits per heavy atom. The van der Waals surface area contributed by atoms with Gasteiger partial charge in [-0.3, -0.25) is 9.78 Å². The number of nitrogens with two attached hydrogens (primary N) is 1. The van der Waals surface area contributed by atoms with E-state index in [0.29, 0.717) is 18.2 Å². The lowest BCUT2D eigenvalue weighted by atomic mass is 9.99. The third kappa shape index (κ3) is 3.91. The number of aliphatic hydroxyl groups excluding tert-OH is 1. The van der Waals surface area contributed by atoms with Crippen molar-refractivity contribution in [2.45, 2.75) is 58.3 Å². The predicted molar refractivity (Wildman–Crippen MR) is 117 cm³/mol. The van der Waals surface area contributed by atoms with Gasteiger partial charge in [-0.15, -0.1) is 0 Å². The van der Waals surface area contributed by atoms with Crippen LogP contribution >= 0.6 is 0 Å². The lowest BCUT2D eigenvalue weighted by Gasteiger charge is -2.43. The van der Waals surface area contributed by atoms with Gasteiger partial charge in [0.15, 0.2) is 19.5 Å². The lowest BCUT2D eigenvalue weighted by Crippen LogP contribution is -2.46. The number of nitrogens with zero attached hydrogens (tertiary/aromatic N) is 3. The second-order valence-electron chi connectivity index (χ2n) is 9.37. The first kappa shape index (κ1) is 21.7. The Labute approximate surface area is 172 Å². The molecular formula is C20H33N5O3Si. The summed E-state index contributed by atoms with van der Waals surface area (Å²) >= 11 is 0. The maximum absolute atomic E-state index is 12.1. The number of hydrogen-bond acceptors (Lipinski definition) is 6. The Bertz CT molecular complexity index is 976. The molecule has 2 aromatic rings. The Kier molecular flexibility index (Phi) is 5.77. The predicted octanol–water partition coefficient (Wildman–Crippen LogP) is 2.84. The molecule has 2 heterocycles. The lowest BCUT2D eigenvalue weighted by molar-refractivity contribution is 0.214. The van der Waals surface area contributed by atoms with Gasteiger partial charge in [0, 0.05) is 12.5 Å². The summed E-state index contributed by atoms with van der Waals surface area (Å²) in [6.45, 7) is 14.2. The molecule has 0 fully saturated rings. The highest BCUT2D eigenvalue weighted by atomic mass is 28.4. The fraction of sp³-hybridized carbons (Fsp3) is 0.650. The number of aromatic amines is 1. The van der Waals surface area contributed by atoms with E-state index < -0.39 is 8.32 Å². The zero-order valence-electron chi connectivity index (χ0n) is 18.2. The number of allylic oxidation sites excluding steroid dienone is 1. The number of rotatable bonds is 7. The van der Waals surface area contributed by atoms with Crippen molar-refractivity contribution in [3.8, 4) is 0 Å². The quantitative estimate of drug-likeness (QED) is 0.469. The molecule has 2 atom stereocenters. The highest BCUT2D eigenvalue weighted by molar-refractivity contribution is 6.74. The first-order valence-corrected chi connectivity index (χ1v) is 13.1. The van der Waals surface area contributed by atoms with Gasteiger partial charge in [0.05, 0.1) is 19.0 Å². The highest BCUT2D eigenvalue weighted by Crippen LogP contribution is 2.45. The molecule has 9 heteroatoms. The van der Waals surface area contributed by atoms with Crippen molar-refractivity contribution in [3.63, 3.8) is 0 Å². The van der Waals surface area contributed by atoms with E-state index in [9.17, 15) is 9.90 Å². The van der Waals surface area contributed by atoms with E-state index in [1.165, 1.54) is 0 Å². The molecule has 160 valence electrons. The fourth-order valence-corrected chi connectivity index (χ4v) is 6.20. The van der Waals surface area contributed by atoms with Crippen LogP contribution in [0.3, 0.4) is 0 Å². The van der Waals surface area contributed by atoms with E-state index in [-0.39, 0.29) is 40.6 Å². The molecule has 0 amide bonds. The van der Waals surface area contributed by atoms with Crippen LogP contribution in [0.5, 0.6) is 0 Å². The van der Waals surface area contributed by atoms with Crippen LogP contribution in [0.15, 0.2) is 22.8 Å². The number of anilines is 1. The summed E-state index contributed by atoms with van der Waals surface area (Å²) in [6.07, 6.45) is 4.42. The monoisotopic (exact) mass is 419 g/mol. The summed E-state index contributed by atoms with van der Waals surface area (Å²) in [7, 11) is -1.95. The van der Waals surface area contributed by atoms with Crippen molar-refractivity contribution in [2.75, 3.05) is 18.9 Å². The first-order valence-electron chi connectivity index (χ1n) is 10.2. The Morgan fingerprint density at radius 3 is 2.76 bits per heavy atom. The summed E-state index contributed by atoms with van der Waals surface area (Å²) in [5.41, 5.74) is 7.06. The van der Waals surface area contributed by atoms with Gasteiger partial charge in [0.25, 0.3) is 5.56 Å². The van der Waals surface area contributed by atoms with Crippen molar-refractivity contribution < 1.29 is 9.53 Å². The van der Waals surface area contributed by atoms with Crippen LogP contribution in [-0.4, -0.2) is 46.2 Å². The topological polar surface area (TPSA) is 119 Å². The molecule has 0 aromatic carbocycles. The number of aromatic nitrogens is 4. The molecular weight excluding hydrogens is 386 g/mol. The molecule has 0 aliphatic heterocycles. The number of fused-ring (bicyclic) bond motifs is 1. The minimum Gasteiger partial charge on any atom is -0.416 e. The fourth-order valence-electron chi connectivity index (χ4n) is 3.82. The van der Waals surface area contributed by atoms with E-state index in [1.54, 1.807) is 6.33 Å². The molecule has 0 saturated carbocycles. The Balaban J connectivity index is 1.81. The van der Waals surface area contributed by atoms with Crippen LogP contribution in [0, 0.1) is 11.8 Å². The van der Waals surface area contributed by atoms with E-state index in [0.717, 1.165) is 12.0 Å². The average Bonchev–Trinajstić information content (AvgIpc) is 3.23. The zero-order valence-corrected chi connectivity index (χ0v) is 19.2. The summed E-state index contributed by atoms with van der Waals surface area (Å²) in [5.74, 6) is 0.717. The van der Waals surface area contributed by atoms with Crippen LogP contribution in [0.2, 0.25) is 18.1 Å². The molecule has 1 aliphatic carbocycles. The van der Waals surface area contributed by atoms with Crippen LogP contribution in [-0.2, 0) is 4.43 Å². The van der Waals surface area contributed by atoms with Crippen molar-refractivity contribution >= 4 is 25.4 Å². The second-order valence-corrected chi connectivity index (χ2v) is 14.0. The standard InChI is InChI=1S/C20H33N5O3Si/c1-12(2)20(3,4)29(5,6)28-10-14-8-15(7-13(14)9-26)25-11-22-16-17(25)23-19(21)24-18(16)27/h7,11-12,14-15,26H,8-10H2,1-6H3,(H3,21,23,24,27)/t14-,15+/m1/s1. The molecule has 0 spiro atoms. The SMILES string of the molecule is CC(C)C(C)(C)[Si](C)(C)OC[C@H]1C[C@@H](n2cnc3c(=O)[nH]c(N)nc32)C=C1CO. The van der Waals surface area contributed by atoms with E-state index in [2.05, 4.69) is 55.7 Å². The van der Waals surface area contributed by atoms with Crippen LogP contribution < -0.4 is 11.3 Å². The van der Waals surface area contributed by atoms with Gasteiger partial charge in [0.2, 0.25) is 5.95 Å². The molecule has 2 aromatic heterocycles. The molecule has 4 N–H and O–H groups in total. The third-order valence-electron chi connectivity index (χ3n) is 7.09. The summed E-state index contributed by atoms with van der Waals surface area (Å²) in [4.78, 5) is 23.0. The Morgan fingerprint density at radius 2 is 2.14 bits per heavy atom. The summed E-state index contributed by atoms with van der Waals surface area (Å²) < 4.78 is 8.39. The van der Waals surface area contributed by atoms with Crippen molar-refractivity contribution in [1.29, 1.82) is 0 Å². The molecule has 3 rings (SSSR count). The maximum Gasteiger partial charge on any atom is 0.280 e. The van der Waals surface area contributed by atoms with Crippen molar-refractivity contribution in [3.05, 3.63) is 28.3 Å². The molecule has 0 unspecified atom stereocenters. The normalized spacial score (nSPS) is 20.6. The summed E-state index contributed by atoms with van der Waals surface area (Å²) in [6, 6.07) is -0.0488. The van der Waals surface area contributed by atoms with Gasteiger partial charge in [0.1, 0.15) is 0 Å². The molecule has 0 bridgehead atoms. The smallest absolute Gasteiger partial charge is 0.280 e. The number of imidazole rings is 1. The number of hydrogen-bond donors (Lipinski definition) is 3. The third-order valence-corrected chi connectivity index (χ3v) is 11.7. The maximum atomic E-state index is 12.1. The second kappa shape index (κ2) is 7.70. The van der Waals surface area contributed by atoms with E-state index in [4.69, 9.17) is 10.2 Å². The molecule has 29 heavy (non-hydrogen) atoms. The minimum absolute atomic E-state index is 0.0110. The van der Waals surface area contributed by atoms with Crippen LogP contribution in [0.4, 0.5) is 5.95 Å². The van der Waals surface area contributed by atoms with Gasteiger partial charge in [-0.1, -0.05) is 33.8 Å². The minimum atomic E-state index is -1.95.